The van der Waals surface area contributed by atoms with Crippen molar-refractivity contribution in [3.63, 3.8) is 0 Å². The van der Waals surface area contributed by atoms with Gasteiger partial charge in [-0.1, -0.05) is 17.7 Å². The van der Waals surface area contributed by atoms with Crippen LogP contribution in [0.15, 0.2) is 36.4 Å². The Hall–Kier alpha value is -1.87. The largest absolute Gasteiger partial charge is 0.489 e. The van der Waals surface area contributed by atoms with Crippen LogP contribution in [0.3, 0.4) is 0 Å². The van der Waals surface area contributed by atoms with Gasteiger partial charge in [0, 0.05) is 22.6 Å². The molecule has 2 nitrogen and oxygen atoms in total. The molecule has 3 rings (SSSR count). The molecule has 0 amide bonds. The second kappa shape index (κ2) is 5.86. The summed E-state index contributed by atoms with van der Waals surface area (Å²) in [5.41, 5.74) is 2.40. The van der Waals surface area contributed by atoms with Gasteiger partial charge in [0.05, 0.1) is 0 Å². The third kappa shape index (κ3) is 3.08. The summed E-state index contributed by atoms with van der Waals surface area (Å²) >= 11 is 6.00. The monoisotopic (exact) mass is 304 g/mol. The zero-order valence-corrected chi connectivity index (χ0v) is 12.1. The van der Waals surface area contributed by atoms with Gasteiger partial charge in [-0.15, -0.1) is 0 Å². The number of aryl methyl sites for hydroxylation is 1. The maximum Gasteiger partial charge on any atom is 0.163 e. The zero-order valence-electron chi connectivity index (χ0n) is 11.4. The van der Waals surface area contributed by atoms with Crippen LogP contribution in [0.1, 0.15) is 34.3 Å². The standard InChI is InChI=1S/C17H14ClFO2/c18-16-7-5-13(19)8-12(16)10-21-14-6-4-11-2-1-3-17(20)15(11)9-14/h4-9H,1-3,10H2. The molecule has 21 heavy (non-hydrogen) atoms. The van der Waals surface area contributed by atoms with Crippen LogP contribution in [0.5, 0.6) is 5.75 Å². The smallest absolute Gasteiger partial charge is 0.163 e. The molecule has 2 aromatic carbocycles. The minimum Gasteiger partial charge on any atom is -0.489 e. The minimum atomic E-state index is -0.349. The first-order valence-corrected chi connectivity index (χ1v) is 7.24. The van der Waals surface area contributed by atoms with Crippen LogP contribution in [-0.4, -0.2) is 5.78 Å². The summed E-state index contributed by atoms with van der Waals surface area (Å²) in [6.07, 6.45) is 2.42. The lowest BCUT2D eigenvalue weighted by atomic mass is 9.90. The summed E-state index contributed by atoms with van der Waals surface area (Å²) in [5, 5.41) is 0.463. The first kappa shape index (κ1) is 14.1. The average Bonchev–Trinajstić information content (AvgIpc) is 2.49. The van der Waals surface area contributed by atoms with Crippen molar-refractivity contribution in [2.75, 3.05) is 0 Å². The van der Waals surface area contributed by atoms with E-state index in [-0.39, 0.29) is 18.2 Å². The Kier molecular flexibility index (Phi) is 3.93. The minimum absolute atomic E-state index is 0.158. The Balaban J connectivity index is 1.78. The molecule has 0 N–H and O–H groups in total. The number of carbonyl (C=O) groups excluding carboxylic acids is 1. The molecule has 0 aromatic heterocycles. The van der Waals surface area contributed by atoms with E-state index in [1.165, 1.54) is 18.2 Å². The van der Waals surface area contributed by atoms with E-state index < -0.39 is 0 Å². The number of halogens is 2. The quantitative estimate of drug-likeness (QED) is 0.830. The highest BCUT2D eigenvalue weighted by Gasteiger charge is 2.17. The number of ether oxygens (including phenoxy) is 1. The Morgan fingerprint density at radius 3 is 2.86 bits per heavy atom. The summed E-state index contributed by atoms with van der Waals surface area (Å²) in [4.78, 5) is 11.9. The van der Waals surface area contributed by atoms with Crippen LogP contribution in [0.2, 0.25) is 5.02 Å². The topological polar surface area (TPSA) is 26.3 Å². The van der Waals surface area contributed by atoms with Crippen molar-refractivity contribution in [3.05, 3.63) is 63.9 Å². The molecule has 4 heteroatoms. The van der Waals surface area contributed by atoms with Gasteiger partial charge in [-0.2, -0.15) is 0 Å². The van der Waals surface area contributed by atoms with Crippen LogP contribution in [0.25, 0.3) is 0 Å². The molecule has 1 aliphatic rings. The summed E-state index contributed by atoms with van der Waals surface area (Å²) in [6, 6.07) is 9.70. The van der Waals surface area contributed by atoms with Gasteiger partial charge in [-0.25, -0.2) is 4.39 Å². The van der Waals surface area contributed by atoms with Gasteiger partial charge in [0.1, 0.15) is 18.2 Å². The molecule has 1 aliphatic carbocycles. The second-order valence-electron chi connectivity index (χ2n) is 5.12. The van der Waals surface area contributed by atoms with Gasteiger partial charge in [-0.3, -0.25) is 4.79 Å². The predicted octanol–water partition coefficient (Wildman–Crippen LogP) is 4.58. The molecule has 0 saturated carbocycles. The first-order chi connectivity index (χ1) is 10.1. The molecule has 0 spiro atoms. The Morgan fingerprint density at radius 2 is 2.00 bits per heavy atom. The van der Waals surface area contributed by atoms with Crippen molar-refractivity contribution in [3.8, 4) is 5.75 Å². The van der Waals surface area contributed by atoms with E-state index in [2.05, 4.69) is 0 Å². The normalized spacial score (nSPS) is 13.9. The molecule has 0 radical (unpaired) electrons. The van der Waals surface area contributed by atoms with Gasteiger partial charge in [0.15, 0.2) is 5.78 Å². The highest BCUT2D eigenvalue weighted by Crippen LogP contribution is 2.26. The van der Waals surface area contributed by atoms with E-state index in [4.69, 9.17) is 16.3 Å². The fraction of sp³-hybridized carbons (Fsp3) is 0.235. The lowest BCUT2D eigenvalue weighted by Gasteiger charge is -2.16. The fourth-order valence-corrected chi connectivity index (χ4v) is 2.68. The van der Waals surface area contributed by atoms with Crippen LogP contribution < -0.4 is 4.74 Å². The van der Waals surface area contributed by atoms with Gasteiger partial charge in [0.2, 0.25) is 0 Å². The van der Waals surface area contributed by atoms with Gasteiger partial charge in [0.25, 0.3) is 0 Å². The molecule has 2 aromatic rings. The average molecular weight is 305 g/mol. The zero-order chi connectivity index (χ0) is 14.8. The molecule has 0 unspecified atom stereocenters. The van der Waals surface area contributed by atoms with E-state index in [1.807, 2.05) is 12.1 Å². The number of ketones is 1. The number of fused-ring (bicyclic) bond motifs is 1. The van der Waals surface area contributed by atoms with E-state index in [9.17, 15) is 9.18 Å². The van der Waals surface area contributed by atoms with E-state index in [0.717, 1.165) is 24.0 Å². The van der Waals surface area contributed by atoms with Crippen molar-refractivity contribution in [2.24, 2.45) is 0 Å². The number of benzene rings is 2. The summed E-state index contributed by atoms with van der Waals surface area (Å²) < 4.78 is 18.8. The van der Waals surface area contributed by atoms with Gasteiger partial charge >= 0.3 is 0 Å². The van der Waals surface area contributed by atoms with E-state index >= 15 is 0 Å². The molecule has 108 valence electrons. The van der Waals surface area contributed by atoms with Crippen molar-refractivity contribution in [1.29, 1.82) is 0 Å². The third-order valence-corrected chi connectivity index (χ3v) is 4.00. The summed E-state index contributed by atoms with van der Waals surface area (Å²) in [5.74, 6) is 0.411. The number of carbonyl (C=O) groups is 1. The molecule has 0 atom stereocenters. The SMILES string of the molecule is O=C1CCCc2ccc(OCc3cc(F)ccc3Cl)cc21. The number of Topliss-reactive ketones (excluding diaryl/α,β-unsaturated/α-hetero) is 1. The second-order valence-corrected chi connectivity index (χ2v) is 5.53. The van der Waals surface area contributed by atoms with Crippen molar-refractivity contribution < 1.29 is 13.9 Å². The Bertz CT molecular complexity index is 697. The molecule has 0 fully saturated rings. The van der Waals surface area contributed by atoms with E-state index in [1.54, 1.807) is 6.07 Å². The third-order valence-electron chi connectivity index (χ3n) is 3.63. The van der Waals surface area contributed by atoms with Crippen molar-refractivity contribution >= 4 is 17.4 Å². The first-order valence-electron chi connectivity index (χ1n) is 6.86. The molecule has 0 bridgehead atoms. The fourth-order valence-electron chi connectivity index (χ4n) is 2.51. The van der Waals surface area contributed by atoms with Gasteiger partial charge in [-0.05, 0) is 48.7 Å². The molecular weight excluding hydrogens is 291 g/mol. The lowest BCUT2D eigenvalue weighted by molar-refractivity contribution is 0.0972. The van der Waals surface area contributed by atoms with Crippen LogP contribution in [0, 0.1) is 5.82 Å². The molecule has 0 heterocycles. The van der Waals surface area contributed by atoms with Gasteiger partial charge < -0.3 is 4.74 Å². The predicted molar refractivity (Wildman–Crippen MR) is 79.5 cm³/mol. The molecule has 0 saturated heterocycles. The highest BCUT2D eigenvalue weighted by molar-refractivity contribution is 6.31. The molecular formula is C17H14ClFO2. The van der Waals surface area contributed by atoms with Crippen molar-refractivity contribution in [1.82, 2.24) is 0 Å². The van der Waals surface area contributed by atoms with Crippen LogP contribution in [0.4, 0.5) is 4.39 Å². The lowest BCUT2D eigenvalue weighted by Crippen LogP contribution is -2.10. The molecule has 0 aliphatic heterocycles. The Labute approximate surface area is 127 Å². The number of hydrogen-bond acceptors (Lipinski definition) is 2. The number of rotatable bonds is 3. The highest BCUT2D eigenvalue weighted by atomic mass is 35.5. The summed E-state index contributed by atoms with van der Waals surface area (Å²) in [6.45, 7) is 0.170. The summed E-state index contributed by atoms with van der Waals surface area (Å²) in [7, 11) is 0. The van der Waals surface area contributed by atoms with Crippen LogP contribution in [-0.2, 0) is 13.0 Å². The number of hydrogen-bond donors (Lipinski definition) is 0. The maximum atomic E-state index is 13.2. The maximum absolute atomic E-state index is 13.2. The Morgan fingerprint density at radius 1 is 1.14 bits per heavy atom. The van der Waals surface area contributed by atoms with Crippen LogP contribution >= 0.6 is 11.6 Å². The van der Waals surface area contributed by atoms with Crippen molar-refractivity contribution in [2.45, 2.75) is 25.9 Å². The van der Waals surface area contributed by atoms with E-state index in [0.29, 0.717) is 22.8 Å².